The lowest BCUT2D eigenvalue weighted by Gasteiger charge is -2.41. The topological polar surface area (TPSA) is 48.7 Å². The highest BCUT2D eigenvalue weighted by Crippen LogP contribution is 2.41. The second kappa shape index (κ2) is 7.87. The van der Waals surface area contributed by atoms with Crippen LogP contribution in [0, 0.1) is 11.3 Å². The van der Waals surface area contributed by atoms with Gasteiger partial charge in [-0.15, -0.1) is 0 Å². The van der Waals surface area contributed by atoms with Crippen molar-refractivity contribution in [3.8, 4) is 17.6 Å². The van der Waals surface area contributed by atoms with Gasteiger partial charge in [0, 0.05) is 31.2 Å². The van der Waals surface area contributed by atoms with E-state index in [0.29, 0.717) is 22.6 Å². The van der Waals surface area contributed by atoms with Crippen LogP contribution in [0.5, 0.6) is 11.5 Å². The molecular weight excluding hydrogens is 314 g/mol. The molecule has 0 amide bonds. The Morgan fingerprint density at radius 3 is 2.61 bits per heavy atom. The Labute approximate surface area is 143 Å². The lowest BCUT2D eigenvalue weighted by Crippen LogP contribution is -2.52. The van der Waals surface area contributed by atoms with Gasteiger partial charge in [-0.05, 0) is 19.5 Å². The van der Waals surface area contributed by atoms with Crippen molar-refractivity contribution in [2.24, 2.45) is 0 Å². The number of benzene rings is 1. The molecule has 1 aromatic rings. The first-order valence-corrected chi connectivity index (χ1v) is 8.23. The molecule has 2 unspecified atom stereocenters. The first kappa shape index (κ1) is 17.9. The summed E-state index contributed by atoms with van der Waals surface area (Å²) in [4.78, 5) is 4.60. The van der Waals surface area contributed by atoms with Crippen LogP contribution in [0.25, 0.3) is 0 Å². The third-order valence-corrected chi connectivity index (χ3v) is 4.89. The molecule has 0 aromatic heterocycles. The quantitative estimate of drug-likeness (QED) is 0.826. The van der Waals surface area contributed by atoms with Gasteiger partial charge in [0.15, 0.2) is 11.5 Å². The Morgan fingerprint density at radius 2 is 2.09 bits per heavy atom. The van der Waals surface area contributed by atoms with Gasteiger partial charge in [-0.25, -0.2) is 0 Å². The smallest absolute Gasteiger partial charge is 0.179 e. The lowest BCUT2D eigenvalue weighted by molar-refractivity contribution is 0.0729. The molecule has 6 heteroatoms. The minimum Gasteiger partial charge on any atom is -0.493 e. The zero-order chi connectivity index (χ0) is 17.0. The van der Waals surface area contributed by atoms with E-state index in [9.17, 15) is 5.26 Å². The van der Waals surface area contributed by atoms with Gasteiger partial charge in [-0.1, -0.05) is 24.6 Å². The van der Waals surface area contributed by atoms with Gasteiger partial charge in [0.05, 0.1) is 25.3 Å². The molecule has 23 heavy (non-hydrogen) atoms. The highest BCUT2D eigenvalue weighted by atomic mass is 35.5. The maximum absolute atomic E-state index is 9.72. The van der Waals surface area contributed by atoms with E-state index in [-0.39, 0.29) is 6.04 Å². The van der Waals surface area contributed by atoms with E-state index >= 15 is 0 Å². The molecule has 0 radical (unpaired) electrons. The second-order valence-electron chi connectivity index (χ2n) is 5.71. The zero-order valence-corrected chi connectivity index (χ0v) is 14.9. The third kappa shape index (κ3) is 3.55. The van der Waals surface area contributed by atoms with Crippen LogP contribution in [0.3, 0.4) is 0 Å². The molecule has 126 valence electrons. The standard InChI is InChI=1S/C17H24ClN3O2/c1-5-20-8-9-21(11-12(20)2)14(10-19)13-6-7-15(22-3)17(23-4)16(13)18/h6-7,12,14H,5,8-9,11H2,1-4H3. The fourth-order valence-corrected chi connectivity index (χ4v) is 3.53. The summed E-state index contributed by atoms with van der Waals surface area (Å²) in [6, 6.07) is 6.09. The van der Waals surface area contributed by atoms with Crippen LogP contribution in [0.15, 0.2) is 12.1 Å². The van der Waals surface area contributed by atoms with E-state index in [1.165, 1.54) is 0 Å². The van der Waals surface area contributed by atoms with Crippen LogP contribution in [0.4, 0.5) is 0 Å². The minimum atomic E-state index is -0.385. The van der Waals surface area contributed by atoms with Crippen molar-refractivity contribution in [2.75, 3.05) is 40.4 Å². The number of likely N-dealkylation sites (N-methyl/N-ethyl adjacent to an activating group) is 1. The number of piperazine rings is 1. The summed E-state index contributed by atoms with van der Waals surface area (Å²) in [6.45, 7) is 8.04. The van der Waals surface area contributed by atoms with Crippen molar-refractivity contribution < 1.29 is 9.47 Å². The SMILES string of the molecule is CCN1CCN(C(C#N)c2ccc(OC)c(OC)c2Cl)CC1C. The Hall–Kier alpha value is -1.48. The number of hydrogen-bond acceptors (Lipinski definition) is 5. The van der Waals surface area contributed by atoms with Crippen molar-refractivity contribution in [1.82, 2.24) is 9.80 Å². The van der Waals surface area contributed by atoms with Crippen LogP contribution in [-0.2, 0) is 0 Å². The fraction of sp³-hybridized carbons (Fsp3) is 0.588. The highest BCUT2D eigenvalue weighted by molar-refractivity contribution is 6.33. The molecular formula is C17H24ClN3O2. The van der Waals surface area contributed by atoms with E-state index in [2.05, 4.69) is 29.7 Å². The summed E-state index contributed by atoms with van der Waals surface area (Å²) < 4.78 is 10.6. The first-order valence-electron chi connectivity index (χ1n) is 7.85. The monoisotopic (exact) mass is 337 g/mol. The molecule has 5 nitrogen and oxygen atoms in total. The average molecular weight is 338 g/mol. The lowest BCUT2D eigenvalue weighted by atomic mass is 10.0. The van der Waals surface area contributed by atoms with Crippen molar-refractivity contribution in [2.45, 2.75) is 25.9 Å². The largest absolute Gasteiger partial charge is 0.493 e. The van der Waals surface area contributed by atoms with Crippen LogP contribution in [0.2, 0.25) is 5.02 Å². The van der Waals surface area contributed by atoms with Gasteiger partial charge in [-0.2, -0.15) is 5.26 Å². The molecule has 0 aliphatic carbocycles. The van der Waals surface area contributed by atoms with Gasteiger partial charge >= 0.3 is 0 Å². The molecule has 0 saturated carbocycles. The molecule has 1 fully saturated rings. The van der Waals surface area contributed by atoms with Crippen molar-refractivity contribution in [3.63, 3.8) is 0 Å². The van der Waals surface area contributed by atoms with E-state index in [1.807, 2.05) is 6.07 Å². The average Bonchev–Trinajstić information content (AvgIpc) is 2.56. The van der Waals surface area contributed by atoms with Crippen molar-refractivity contribution in [3.05, 3.63) is 22.7 Å². The maximum atomic E-state index is 9.72. The Kier molecular flexibility index (Phi) is 6.11. The van der Waals surface area contributed by atoms with Gasteiger partial charge < -0.3 is 9.47 Å². The second-order valence-corrected chi connectivity index (χ2v) is 6.09. The molecule has 0 bridgehead atoms. The number of nitriles is 1. The number of nitrogens with zero attached hydrogens (tertiary/aromatic N) is 3. The molecule has 1 aliphatic rings. The van der Waals surface area contributed by atoms with E-state index in [0.717, 1.165) is 31.7 Å². The van der Waals surface area contributed by atoms with Crippen LogP contribution in [0.1, 0.15) is 25.5 Å². The van der Waals surface area contributed by atoms with E-state index in [1.54, 1.807) is 20.3 Å². The summed E-state index contributed by atoms with van der Waals surface area (Å²) in [6.07, 6.45) is 0. The van der Waals surface area contributed by atoms with E-state index < -0.39 is 0 Å². The Morgan fingerprint density at radius 1 is 1.35 bits per heavy atom. The van der Waals surface area contributed by atoms with Gasteiger partial charge in [0.1, 0.15) is 6.04 Å². The molecule has 1 saturated heterocycles. The summed E-state index contributed by atoms with van der Waals surface area (Å²) in [5.74, 6) is 1.05. The number of halogens is 1. The fourth-order valence-electron chi connectivity index (χ4n) is 3.19. The normalized spacial score (nSPS) is 20.8. The predicted octanol–water partition coefficient (Wildman–Crippen LogP) is 2.95. The molecule has 1 aliphatic heterocycles. The summed E-state index contributed by atoms with van der Waals surface area (Å²) in [7, 11) is 3.12. The molecule has 0 N–H and O–H groups in total. The minimum absolute atomic E-state index is 0.385. The highest BCUT2D eigenvalue weighted by Gasteiger charge is 2.30. The Bertz CT molecular complexity index is 588. The molecule has 0 spiro atoms. The van der Waals surface area contributed by atoms with Crippen molar-refractivity contribution >= 4 is 11.6 Å². The van der Waals surface area contributed by atoms with E-state index in [4.69, 9.17) is 21.1 Å². The molecule has 2 rings (SSSR count). The number of methoxy groups -OCH3 is 2. The molecule has 1 aromatic carbocycles. The Balaban J connectivity index is 2.30. The van der Waals surface area contributed by atoms with Crippen LogP contribution >= 0.6 is 11.6 Å². The summed E-state index contributed by atoms with van der Waals surface area (Å²) in [5.41, 5.74) is 0.768. The number of hydrogen-bond donors (Lipinski definition) is 0. The first-order chi connectivity index (χ1) is 11.1. The van der Waals surface area contributed by atoms with Gasteiger partial charge in [0.25, 0.3) is 0 Å². The maximum Gasteiger partial charge on any atom is 0.179 e. The third-order valence-electron chi connectivity index (χ3n) is 4.50. The predicted molar refractivity (Wildman–Crippen MR) is 91.2 cm³/mol. The molecule has 1 heterocycles. The summed E-state index contributed by atoms with van der Waals surface area (Å²) in [5, 5.41) is 10.2. The number of ether oxygens (including phenoxy) is 2. The number of rotatable bonds is 5. The van der Waals surface area contributed by atoms with Crippen molar-refractivity contribution in [1.29, 1.82) is 5.26 Å². The van der Waals surface area contributed by atoms with Gasteiger partial charge in [0.2, 0.25) is 0 Å². The zero-order valence-electron chi connectivity index (χ0n) is 14.2. The van der Waals surface area contributed by atoms with Crippen LogP contribution in [-0.4, -0.2) is 56.2 Å². The summed E-state index contributed by atoms with van der Waals surface area (Å²) >= 11 is 6.48. The van der Waals surface area contributed by atoms with Gasteiger partial charge in [-0.3, -0.25) is 9.80 Å². The van der Waals surface area contributed by atoms with Crippen LogP contribution < -0.4 is 9.47 Å². The molecule has 2 atom stereocenters.